The average Bonchev–Trinajstić information content (AvgIpc) is 2.41. The highest BCUT2D eigenvalue weighted by molar-refractivity contribution is 7.90. The largest absolute Gasteiger partial charge is 0.309 e. The molecule has 0 spiro atoms. The molecule has 0 saturated heterocycles. The first-order valence-electron chi connectivity index (χ1n) is 6.76. The lowest BCUT2D eigenvalue weighted by atomic mass is 10.0. The van der Waals surface area contributed by atoms with Crippen LogP contribution in [-0.2, 0) is 9.84 Å². The van der Waals surface area contributed by atoms with Crippen LogP contribution in [0.25, 0.3) is 10.9 Å². The van der Waals surface area contributed by atoms with E-state index in [9.17, 15) is 8.42 Å². The lowest BCUT2D eigenvalue weighted by molar-refractivity contribution is 0.551. The summed E-state index contributed by atoms with van der Waals surface area (Å²) in [5.74, 6) is 0.0982. The van der Waals surface area contributed by atoms with Crippen LogP contribution in [0.15, 0.2) is 36.5 Å². The van der Waals surface area contributed by atoms with Gasteiger partial charge in [-0.25, -0.2) is 8.42 Å². The Balaban J connectivity index is 2.44. The Kier molecular flexibility index (Phi) is 4.73. The van der Waals surface area contributed by atoms with E-state index < -0.39 is 9.84 Å². The number of nitrogens with zero attached hydrogens (tertiary/aromatic N) is 1. The summed E-state index contributed by atoms with van der Waals surface area (Å²) in [4.78, 5) is 4.32. The van der Waals surface area contributed by atoms with Crippen molar-refractivity contribution in [1.82, 2.24) is 10.3 Å². The summed E-state index contributed by atoms with van der Waals surface area (Å²) in [7, 11) is -3.05. The summed E-state index contributed by atoms with van der Waals surface area (Å²) in [6.45, 7) is 2.85. The van der Waals surface area contributed by atoms with Gasteiger partial charge in [-0.05, 0) is 30.7 Å². The Morgan fingerprint density at radius 3 is 2.75 bits per heavy atom. The predicted molar refractivity (Wildman–Crippen MR) is 82.5 cm³/mol. The summed E-state index contributed by atoms with van der Waals surface area (Å²) < 4.78 is 23.3. The van der Waals surface area contributed by atoms with E-state index >= 15 is 0 Å². The molecule has 1 N–H and O–H groups in total. The number of rotatable bonds is 6. The Morgan fingerprint density at radius 1 is 1.25 bits per heavy atom. The highest BCUT2D eigenvalue weighted by Gasteiger charge is 2.18. The number of hydrogen-bond donors (Lipinski definition) is 1. The summed E-state index contributed by atoms with van der Waals surface area (Å²) in [5, 5.41) is 4.33. The van der Waals surface area contributed by atoms with Crippen molar-refractivity contribution >= 4 is 20.7 Å². The zero-order valence-corrected chi connectivity index (χ0v) is 12.7. The quantitative estimate of drug-likeness (QED) is 0.887. The fraction of sp³-hybridized carbons (Fsp3) is 0.400. The molecule has 1 aromatic carbocycles. The number of aromatic nitrogens is 1. The van der Waals surface area contributed by atoms with Crippen LogP contribution in [0, 0.1) is 0 Å². The molecule has 0 aliphatic carbocycles. The van der Waals surface area contributed by atoms with Crippen molar-refractivity contribution in [1.29, 1.82) is 0 Å². The molecule has 0 fully saturated rings. The molecule has 5 heteroatoms. The van der Waals surface area contributed by atoms with Crippen molar-refractivity contribution in [2.45, 2.75) is 19.4 Å². The minimum absolute atomic E-state index is 0.0982. The zero-order valence-electron chi connectivity index (χ0n) is 11.8. The average molecular weight is 292 g/mol. The zero-order chi connectivity index (χ0) is 14.6. The van der Waals surface area contributed by atoms with Gasteiger partial charge in [0.2, 0.25) is 0 Å². The molecule has 1 atom stereocenters. The van der Waals surface area contributed by atoms with Crippen molar-refractivity contribution in [3.8, 4) is 0 Å². The second-order valence-electron chi connectivity index (χ2n) is 5.02. The Labute approximate surface area is 120 Å². The molecule has 0 saturated carbocycles. The van der Waals surface area contributed by atoms with Crippen molar-refractivity contribution in [2.75, 3.05) is 18.6 Å². The van der Waals surface area contributed by atoms with Gasteiger partial charge in [-0.3, -0.25) is 4.98 Å². The van der Waals surface area contributed by atoms with Gasteiger partial charge < -0.3 is 5.32 Å². The third-order valence-electron chi connectivity index (χ3n) is 3.16. The van der Waals surface area contributed by atoms with Gasteiger partial charge in [-0.2, -0.15) is 0 Å². The van der Waals surface area contributed by atoms with Crippen LogP contribution in [0.1, 0.15) is 24.9 Å². The van der Waals surface area contributed by atoms with E-state index in [2.05, 4.69) is 17.2 Å². The molecule has 108 valence electrons. The van der Waals surface area contributed by atoms with Crippen LogP contribution in [0.2, 0.25) is 0 Å². The van der Waals surface area contributed by atoms with Crippen molar-refractivity contribution in [3.63, 3.8) is 0 Å². The van der Waals surface area contributed by atoms with E-state index in [0.29, 0.717) is 0 Å². The molecule has 4 nitrogen and oxygen atoms in total. The first-order valence-corrected chi connectivity index (χ1v) is 8.82. The van der Waals surface area contributed by atoms with Gasteiger partial charge in [0, 0.05) is 23.9 Å². The standard InChI is InChI=1S/C15H20N2O2S/c1-3-9-16-15(11-20(2,18)19)13-6-4-8-14-12(13)7-5-10-17-14/h4-8,10,15-16H,3,9,11H2,1-2H3. The van der Waals surface area contributed by atoms with E-state index in [1.54, 1.807) is 6.20 Å². The molecule has 0 aliphatic heterocycles. The number of fused-ring (bicyclic) bond motifs is 1. The molecule has 0 bridgehead atoms. The molecule has 0 aliphatic rings. The molecule has 20 heavy (non-hydrogen) atoms. The molecule has 2 rings (SSSR count). The highest BCUT2D eigenvalue weighted by atomic mass is 32.2. The molecule has 1 aromatic heterocycles. The van der Waals surface area contributed by atoms with Gasteiger partial charge in [-0.15, -0.1) is 0 Å². The number of sulfone groups is 1. The van der Waals surface area contributed by atoms with E-state index in [0.717, 1.165) is 29.4 Å². The predicted octanol–water partition coefficient (Wildman–Crippen LogP) is 2.32. The van der Waals surface area contributed by atoms with Crippen molar-refractivity contribution in [2.24, 2.45) is 0 Å². The van der Waals surface area contributed by atoms with Crippen LogP contribution in [0.5, 0.6) is 0 Å². The minimum atomic E-state index is -3.05. The minimum Gasteiger partial charge on any atom is -0.309 e. The van der Waals surface area contributed by atoms with Crippen LogP contribution in [0.3, 0.4) is 0 Å². The van der Waals surface area contributed by atoms with E-state index in [1.165, 1.54) is 6.26 Å². The van der Waals surface area contributed by atoms with Gasteiger partial charge in [0.1, 0.15) is 9.84 Å². The normalized spacial score (nSPS) is 13.5. The van der Waals surface area contributed by atoms with Crippen LogP contribution in [0.4, 0.5) is 0 Å². The van der Waals surface area contributed by atoms with Crippen molar-refractivity contribution in [3.05, 3.63) is 42.1 Å². The van der Waals surface area contributed by atoms with Gasteiger partial charge in [-0.1, -0.05) is 25.1 Å². The fourth-order valence-electron chi connectivity index (χ4n) is 2.31. The number of pyridine rings is 1. The van der Waals surface area contributed by atoms with Crippen LogP contribution >= 0.6 is 0 Å². The maximum atomic E-state index is 11.7. The van der Waals surface area contributed by atoms with Crippen LogP contribution in [-0.4, -0.2) is 32.0 Å². The topological polar surface area (TPSA) is 59.1 Å². The molecular weight excluding hydrogens is 272 g/mol. The SMILES string of the molecule is CCCNC(CS(C)(=O)=O)c1cccc2ncccc12. The third-order valence-corrected chi connectivity index (χ3v) is 4.10. The monoisotopic (exact) mass is 292 g/mol. The van der Waals surface area contributed by atoms with Gasteiger partial charge in [0.15, 0.2) is 0 Å². The first-order chi connectivity index (χ1) is 9.51. The van der Waals surface area contributed by atoms with Gasteiger partial charge in [0.05, 0.1) is 11.3 Å². The third kappa shape index (κ3) is 3.77. The fourth-order valence-corrected chi connectivity index (χ4v) is 3.21. The number of benzene rings is 1. The second-order valence-corrected chi connectivity index (χ2v) is 7.20. The Bertz CT molecular complexity index is 678. The Hall–Kier alpha value is -1.46. The summed E-state index contributed by atoms with van der Waals surface area (Å²) in [5.41, 5.74) is 1.89. The molecule has 0 radical (unpaired) electrons. The van der Waals surface area contributed by atoms with Crippen molar-refractivity contribution < 1.29 is 8.42 Å². The summed E-state index contributed by atoms with van der Waals surface area (Å²) in [6, 6.07) is 9.51. The molecular formula is C15H20N2O2S. The summed E-state index contributed by atoms with van der Waals surface area (Å²) in [6.07, 6.45) is 3.98. The number of nitrogens with one attached hydrogen (secondary N) is 1. The van der Waals surface area contributed by atoms with E-state index in [4.69, 9.17) is 0 Å². The van der Waals surface area contributed by atoms with E-state index in [1.807, 2.05) is 30.3 Å². The van der Waals surface area contributed by atoms with Gasteiger partial charge >= 0.3 is 0 Å². The molecule has 2 aromatic rings. The van der Waals surface area contributed by atoms with E-state index in [-0.39, 0.29) is 11.8 Å². The maximum absolute atomic E-state index is 11.7. The van der Waals surface area contributed by atoms with Crippen LogP contribution < -0.4 is 5.32 Å². The molecule has 1 unspecified atom stereocenters. The number of hydrogen-bond acceptors (Lipinski definition) is 4. The summed E-state index contributed by atoms with van der Waals surface area (Å²) >= 11 is 0. The second kappa shape index (κ2) is 6.33. The lowest BCUT2D eigenvalue weighted by Gasteiger charge is -2.19. The highest BCUT2D eigenvalue weighted by Crippen LogP contribution is 2.24. The lowest BCUT2D eigenvalue weighted by Crippen LogP contribution is -2.28. The maximum Gasteiger partial charge on any atom is 0.149 e. The first kappa shape index (κ1) is 14.9. The molecule has 0 amide bonds. The Morgan fingerprint density at radius 2 is 2.05 bits per heavy atom. The smallest absolute Gasteiger partial charge is 0.149 e. The molecule has 1 heterocycles. The van der Waals surface area contributed by atoms with Gasteiger partial charge in [0.25, 0.3) is 0 Å².